The van der Waals surface area contributed by atoms with Crippen molar-refractivity contribution in [3.05, 3.63) is 59.1 Å². The van der Waals surface area contributed by atoms with Crippen LogP contribution in [-0.2, 0) is 16.0 Å². The van der Waals surface area contributed by atoms with E-state index in [1.54, 1.807) is 29.2 Å². The zero-order chi connectivity index (χ0) is 15.5. The van der Waals surface area contributed by atoms with Crippen LogP contribution in [-0.4, -0.2) is 18.4 Å². The lowest BCUT2D eigenvalue weighted by atomic mass is 10.2. The van der Waals surface area contributed by atoms with E-state index in [1.807, 2.05) is 24.3 Å². The molecular formula is C17H15ClN2O2. The minimum atomic E-state index is -0.322. The number of nitrogens with zero attached hydrogens (tertiary/aromatic N) is 1. The van der Waals surface area contributed by atoms with Gasteiger partial charge in [-0.15, -0.1) is 0 Å². The van der Waals surface area contributed by atoms with Gasteiger partial charge in [-0.3, -0.25) is 9.59 Å². The SMILES string of the molecule is O=C(CC(=O)N1CCc2ccccc21)Nc1ccc(Cl)cc1. The number of hydrogen-bond acceptors (Lipinski definition) is 2. The van der Waals surface area contributed by atoms with E-state index in [0.29, 0.717) is 17.3 Å². The third kappa shape index (κ3) is 3.12. The van der Waals surface area contributed by atoms with Gasteiger partial charge in [-0.25, -0.2) is 0 Å². The molecule has 0 spiro atoms. The molecule has 3 rings (SSSR count). The van der Waals surface area contributed by atoms with Crippen molar-refractivity contribution in [3.63, 3.8) is 0 Å². The van der Waals surface area contributed by atoms with Crippen LogP contribution in [0, 0.1) is 0 Å². The standard InChI is InChI=1S/C17H15ClN2O2/c18-13-5-7-14(8-6-13)19-16(21)11-17(22)20-10-9-12-3-1-2-4-15(12)20/h1-8H,9-11H2,(H,19,21). The van der Waals surface area contributed by atoms with Crippen LogP contribution in [0.3, 0.4) is 0 Å². The highest BCUT2D eigenvalue weighted by molar-refractivity contribution is 6.30. The molecule has 0 bridgehead atoms. The third-order valence-corrected chi connectivity index (χ3v) is 3.88. The van der Waals surface area contributed by atoms with Gasteiger partial charge in [0.25, 0.3) is 0 Å². The molecule has 1 heterocycles. The van der Waals surface area contributed by atoms with Crippen LogP contribution < -0.4 is 10.2 Å². The summed E-state index contributed by atoms with van der Waals surface area (Å²) in [6, 6.07) is 14.6. The molecule has 2 aromatic carbocycles. The number of benzene rings is 2. The van der Waals surface area contributed by atoms with Crippen molar-refractivity contribution >= 4 is 34.8 Å². The molecule has 0 saturated carbocycles. The van der Waals surface area contributed by atoms with E-state index in [-0.39, 0.29) is 18.2 Å². The van der Waals surface area contributed by atoms with Crippen molar-refractivity contribution < 1.29 is 9.59 Å². The van der Waals surface area contributed by atoms with Gasteiger partial charge in [0.15, 0.2) is 0 Å². The molecule has 22 heavy (non-hydrogen) atoms. The van der Waals surface area contributed by atoms with Gasteiger partial charge in [-0.05, 0) is 42.3 Å². The van der Waals surface area contributed by atoms with Crippen LogP contribution >= 0.6 is 11.6 Å². The van der Waals surface area contributed by atoms with E-state index in [0.717, 1.165) is 17.7 Å². The van der Waals surface area contributed by atoms with Gasteiger partial charge < -0.3 is 10.2 Å². The molecule has 1 aliphatic rings. The molecule has 0 radical (unpaired) electrons. The Kier molecular flexibility index (Phi) is 4.11. The molecule has 0 aromatic heterocycles. The largest absolute Gasteiger partial charge is 0.326 e. The molecule has 0 aliphatic carbocycles. The minimum absolute atomic E-state index is 0.170. The second-order valence-electron chi connectivity index (χ2n) is 5.16. The second kappa shape index (κ2) is 6.20. The van der Waals surface area contributed by atoms with Crippen molar-refractivity contribution in [2.24, 2.45) is 0 Å². The third-order valence-electron chi connectivity index (χ3n) is 3.63. The summed E-state index contributed by atoms with van der Waals surface area (Å²) in [6.07, 6.45) is 0.664. The number of para-hydroxylation sites is 1. The molecule has 1 N–H and O–H groups in total. The minimum Gasteiger partial charge on any atom is -0.326 e. The molecule has 0 unspecified atom stereocenters. The van der Waals surface area contributed by atoms with Gasteiger partial charge in [0, 0.05) is 22.9 Å². The van der Waals surface area contributed by atoms with E-state index in [9.17, 15) is 9.59 Å². The van der Waals surface area contributed by atoms with Gasteiger partial charge in [0.1, 0.15) is 6.42 Å². The quantitative estimate of drug-likeness (QED) is 0.884. The molecule has 2 aromatic rings. The monoisotopic (exact) mass is 314 g/mol. The summed E-state index contributed by atoms with van der Waals surface area (Å²) in [7, 11) is 0. The summed E-state index contributed by atoms with van der Waals surface area (Å²) in [5, 5.41) is 3.30. The Hall–Kier alpha value is -2.33. The predicted octanol–water partition coefficient (Wildman–Crippen LogP) is 3.26. The van der Waals surface area contributed by atoms with Gasteiger partial charge in [-0.2, -0.15) is 0 Å². The Balaban J connectivity index is 1.62. The number of fused-ring (bicyclic) bond motifs is 1. The molecule has 1 aliphatic heterocycles. The number of hydrogen-bond donors (Lipinski definition) is 1. The number of halogens is 1. The predicted molar refractivity (Wildman–Crippen MR) is 87.2 cm³/mol. The van der Waals surface area contributed by atoms with Crippen LogP contribution in [0.1, 0.15) is 12.0 Å². The fourth-order valence-corrected chi connectivity index (χ4v) is 2.69. The topological polar surface area (TPSA) is 49.4 Å². The first-order valence-corrected chi connectivity index (χ1v) is 7.45. The van der Waals surface area contributed by atoms with E-state index in [4.69, 9.17) is 11.6 Å². The van der Waals surface area contributed by atoms with Crippen molar-refractivity contribution in [2.75, 3.05) is 16.8 Å². The first kappa shape index (κ1) is 14.6. The number of anilines is 2. The highest BCUT2D eigenvalue weighted by Gasteiger charge is 2.25. The zero-order valence-electron chi connectivity index (χ0n) is 11.9. The Morgan fingerprint density at radius 2 is 1.82 bits per heavy atom. The lowest BCUT2D eigenvalue weighted by Gasteiger charge is -2.17. The number of rotatable bonds is 3. The van der Waals surface area contributed by atoms with Crippen LogP contribution in [0.4, 0.5) is 11.4 Å². The highest BCUT2D eigenvalue weighted by Crippen LogP contribution is 2.27. The molecular weight excluding hydrogens is 300 g/mol. The summed E-state index contributed by atoms with van der Waals surface area (Å²) in [5.41, 5.74) is 2.68. The average Bonchev–Trinajstić information content (AvgIpc) is 2.93. The summed E-state index contributed by atoms with van der Waals surface area (Å²) in [5.74, 6) is -0.506. The number of carbonyl (C=O) groups is 2. The fraction of sp³-hybridized carbons (Fsp3) is 0.176. The second-order valence-corrected chi connectivity index (χ2v) is 5.59. The van der Waals surface area contributed by atoms with Crippen molar-refractivity contribution in [1.29, 1.82) is 0 Å². The van der Waals surface area contributed by atoms with E-state index >= 15 is 0 Å². The lowest BCUT2D eigenvalue weighted by molar-refractivity contribution is -0.125. The van der Waals surface area contributed by atoms with Crippen molar-refractivity contribution in [2.45, 2.75) is 12.8 Å². The van der Waals surface area contributed by atoms with Gasteiger partial charge in [-0.1, -0.05) is 29.8 Å². The summed E-state index contributed by atoms with van der Waals surface area (Å²) in [6.45, 7) is 0.631. The lowest BCUT2D eigenvalue weighted by Crippen LogP contribution is -2.32. The Labute approximate surface area is 133 Å². The molecule has 4 nitrogen and oxygen atoms in total. The van der Waals surface area contributed by atoms with E-state index in [1.165, 1.54) is 0 Å². The zero-order valence-corrected chi connectivity index (χ0v) is 12.6. The maximum Gasteiger partial charge on any atom is 0.236 e. The number of carbonyl (C=O) groups excluding carboxylic acids is 2. The Morgan fingerprint density at radius 3 is 2.59 bits per heavy atom. The normalized spacial score (nSPS) is 12.9. The summed E-state index contributed by atoms with van der Waals surface area (Å²) in [4.78, 5) is 26.0. The van der Waals surface area contributed by atoms with Crippen LogP contribution in [0.2, 0.25) is 5.02 Å². The van der Waals surface area contributed by atoms with Gasteiger partial charge in [0.2, 0.25) is 11.8 Å². The van der Waals surface area contributed by atoms with E-state index < -0.39 is 0 Å². The van der Waals surface area contributed by atoms with Gasteiger partial charge in [0.05, 0.1) is 0 Å². The molecule has 112 valence electrons. The summed E-state index contributed by atoms with van der Waals surface area (Å²) >= 11 is 5.79. The van der Waals surface area contributed by atoms with Crippen LogP contribution in [0.5, 0.6) is 0 Å². The number of amides is 2. The molecule has 0 saturated heterocycles. The first-order chi connectivity index (χ1) is 10.6. The Bertz CT molecular complexity index is 713. The van der Waals surface area contributed by atoms with Crippen LogP contribution in [0.15, 0.2) is 48.5 Å². The highest BCUT2D eigenvalue weighted by atomic mass is 35.5. The molecule has 0 fully saturated rings. The van der Waals surface area contributed by atoms with Gasteiger partial charge >= 0.3 is 0 Å². The van der Waals surface area contributed by atoms with E-state index in [2.05, 4.69) is 5.32 Å². The smallest absolute Gasteiger partial charge is 0.236 e. The maximum atomic E-state index is 12.3. The van der Waals surface area contributed by atoms with Crippen LogP contribution in [0.25, 0.3) is 0 Å². The molecule has 5 heteroatoms. The fourth-order valence-electron chi connectivity index (χ4n) is 2.57. The number of nitrogens with one attached hydrogen (secondary N) is 1. The molecule has 0 atom stereocenters. The molecule has 2 amide bonds. The first-order valence-electron chi connectivity index (χ1n) is 7.07. The summed E-state index contributed by atoms with van der Waals surface area (Å²) < 4.78 is 0. The van der Waals surface area contributed by atoms with Crippen molar-refractivity contribution in [1.82, 2.24) is 0 Å². The van der Waals surface area contributed by atoms with Crippen molar-refractivity contribution in [3.8, 4) is 0 Å². The maximum absolute atomic E-state index is 12.3. The Morgan fingerprint density at radius 1 is 1.09 bits per heavy atom. The average molecular weight is 315 g/mol.